The zero-order chi connectivity index (χ0) is 22.5. The smallest absolute Gasteiger partial charge is 0.409 e. The summed E-state index contributed by atoms with van der Waals surface area (Å²) in [5.74, 6) is -0.0107. The number of aliphatic hydroxyl groups excluding tert-OH is 1. The van der Waals surface area contributed by atoms with Crippen LogP contribution < -0.4 is 5.32 Å². The van der Waals surface area contributed by atoms with Crippen molar-refractivity contribution in [2.75, 3.05) is 33.0 Å². The van der Waals surface area contributed by atoms with E-state index in [0.29, 0.717) is 19.6 Å². The third kappa shape index (κ3) is 14.9. The van der Waals surface area contributed by atoms with E-state index in [1.807, 2.05) is 9.47 Å². The summed E-state index contributed by atoms with van der Waals surface area (Å²) in [6, 6.07) is 0. The zero-order valence-electron chi connectivity index (χ0n) is 17.3. The van der Waals surface area contributed by atoms with Crippen LogP contribution in [0.3, 0.4) is 0 Å². The number of hydrogen-bond donors (Lipinski definition) is 5. The molecule has 1 fully saturated rings. The largest absolute Gasteiger partial charge is 0.463 e. The highest BCUT2D eigenvalue weighted by molar-refractivity contribution is 7.38. The van der Waals surface area contributed by atoms with Crippen LogP contribution in [0.4, 0.5) is 4.79 Å². The molecule has 0 saturated heterocycles. The second-order valence-corrected chi connectivity index (χ2v) is 8.99. The molecule has 172 valence electrons. The molecular formula is C17H35NO9P2. The van der Waals surface area contributed by atoms with Crippen molar-refractivity contribution in [2.45, 2.75) is 46.5 Å². The second-order valence-electron chi connectivity index (χ2n) is 8.21. The standard InChI is InChI=1S/C17H32NO6P.H3O3P/c1-16(2)9-13(8-14(20)23-7-6-22-5-4-19)10-17(3,11-16)12-18-15(21)24-25;1-4(2)3/h13,19H,4-12,25H2,1-3H3,(H,18,21);1-3H. The lowest BCUT2D eigenvalue weighted by Gasteiger charge is -2.46. The molecule has 0 radical (unpaired) electrons. The van der Waals surface area contributed by atoms with E-state index in [4.69, 9.17) is 29.3 Å². The highest BCUT2D eigenvalue weighted by atomic mass is 31.2. The van der Waals surface area contributed by atoms with Gasteiger partial charge in [-0.15, -0.1) is 0 Å². The number of ether oxygens (including phenoxy) is 2. The average molecular weight is 459 g/mol. The first-order valence-electron chi connectivity index (χ1n) is 9.28. The summed E-state index contributed by atoms with van der Waals surface area (Å²) >= 11 is 0. The zero-order valence-corrected chi connectivity index (χ0v) is 19.3. The number of carbonyl (C=O) groups excluding carboxylic acids is 2. The topological polar surface area (TPSA) is 155 Å². The number of nitrogens with one attached hydrogen (secondary N) is 1. The van der Waals surface area contributed by atoms with E-state index >= 15 is 0 Å². The van der Waals surface area contributed by atoms with Crippen molar-refractivity contribution in [1.29, 1.82) is 0 Å². The van der Waals surface area contributed by atoms with E-state index < -0.39 is 14.7 Å². The van der Waals surface area contributed by atoms with Crippen LogP contribution in [-0.2, 0) is 18.8 Å². The number of esters is 1. The lowest BCUT2D eigenvalue weighted by atomic mass is 9.60. The number of aliphatic hydroxyl groups is 1. The van der Waals surface area contributed by atoms with Crippen molar-refractivity contribution in [1.82, 2.24) is 5.32 Å². The number of hydrogen-bond acceptors (Lipinski definition) is 9. The summed E-state index contributed by atoms with van der Waals surface area (Å²) in [5.41, 5.74) is 0.00449. The van der Waals surface area contributed by atoms with Crippen molar-refractivity contribution in [3.05, 3.63) is 0 Å². The molecule has 1 rings (SSSR count). The van der Waals surface area contributed by atoms with Crippen molar-refractivity contribution in [2.24, 2.45) is 16.7 Å². The maximum atomic E-state index is 12.1. The fourth-order valence-electron chi connectivity index (χ4n) is 4.13. The van der Waals surface area contributed by atoms with Crippen molar-refractivity contribution in [3.63, 3.8) is 0 Å². The Morgan fingerprint density at radius 3 is 2.31 bits per heavy atom. The maximum absolute atomic E-state index is 12.1. The Hall–Kier alpha value is -0.600. The number of carbonyl (C=O) groups is 2. The average Bonchev–Trinajstić information content (AvgIpc) is 2.57. The Balaban J connectivity index is 0.00000178. The van der Waals surface area contributed by atoms with Crippen molar-refractivity contribution >= 4 is 30.1 Å². The van der Waals surface area contributed by atoms with Crippen LogP contribution in [0, 0.1) is 16.7 Å². The van der Waals surface area contributed by atoms with Gasteiger partial charge in [0.1, 0.15) is 6.61 Å². The van der Waals surface area contributed by atoms with E-state index in [0.717, 1.165) is 19.3 Å². The molecule has 10 nitrogen and oxygen atoms in total. The molecule has 0 spiro atoms. The van der Waals surface area contributed by atoms with Gasteiger partial charge >= 0.3 is 20.7 Å². The summed E-state index contributed by atoms with van der Waals surface area (Å²) in [4.78, 5) is 45.1. The third-order valence-corrected chi connectivity index (χ3v) is 4.69. The summed E-state index contributed by atoms with van der Waals surface area (Å²) in [7, 11) is -0.684. The van der Waals surface area contributed by atoms with Crippen LogP contribution in [0.5, 0.6) is 0 Å². The van der Waals surface area contributed by atoms with Gasteiger partial charge in [-0.25, -0.2) is 4.79 Å². The van der Waals surface area contributed by atoms with Gasteiger partial charge < -0.3 is 39.1 Å². The van der Waals surface area contributed by atoms with Crippen LogP contribution >= 0.6 is 18.1 Å². The molecule has 0 aromatic carbocycles. The molecule has 1 saturated carbocycles. The molecule has 1 aliphatic carbocycles. The minimum absolute atomic E-state index is 0.0397. The van der Waals surface area contributed by atoms with Crippen LogP contribution in [0.1, 0.15) is 46.5 Å². The Bertz CT molecular complexity index is 491. The monoisotopic (exact) mass is 459 g/mol. The molecule has 0 aromatic rings. The molecule has 1 aliphatic rings. The molecule has 12 heteroatoms. The highest BCUT2D eigenvalue weighted by Crippen LogP contribution is 2.49. The van der Waals surface area contributed by atoms with Crippen LogP contribution in [0.25, 0.3) is 0 Å². The molecular weight excluding hydrogens is 424 g/mol. The van der Waals surface area contributed by atoms with Gasteiger partial charge in [-0.1, -0.05) is 20.8 Å². The predicted octanol–water partition coefficient (Wildman–Crippen LogP) is 1.47. The van der Waals surface area contributed by atoms with E-state index in [2.05, 4.69) is 30.6 Å². The van der Waals surface area contributed by atoms with Gasteiger partial charge in [-0.05, 0) is 36.0 Å². The molecule has 3 atom stereocenters. The first-order valence-corrected chi connectivity index (χ1v) is 11.0. The van der Waals surface area contributed by atoms with Gasteiger partial charge in [0.25, 0.3) is 0 Å². The van der Waals surface area contributed by atoms with Gasteiger partial charge in [-0.3, -0.25) is 4.79 Å². The summed E-state index contributed by atoms with van der Waals surface area (Å²) in [6.07, 6.45) is 2.68. The molecule has 3 unspecified atom stereocenters. The molecule has 29 heavy (non-hydrogen) atoms. The Labute approximate surface area is 175 Å². The summed E-state index contributed by atoms with van der Waals surface area (Å²) < 4.78 is 14.8. The summed E-state index contributed by atoms with van der Waals surface area (Å²) in [5, 5.41) is 11.4. The number of amides is 1. The van der Waals surface area contributed by atoms with E-state index in [1.165, 1.54) is 0 Å². The van der Waals surface area contributed by atoms with Gasteiger partial charge in [0.2, 0.25) is 0 Å². The lowest BCUT2D eigenvalue weighted by molar-refractivity contribution is -0.147. The Morgan fingerprint density at radius 2 is 1.76 bits per heavy atom. The van der Waals surface area contributed by atoms with Crippen molar-refractivity contribution < 1.29 is 43.4 Å². The van der Waals surface area contributed by atoms with Gasteiger partial charge in [0.15, 0.2) is 0 Å². The number of rotatable bonds is 9. The van der Waals surface area contributed by atoms with Crippen molar-refractivity contribution in [3.8, 4) is 0 Å². The molecule has 0 bridgehead atoms. The normalized spacial score (nSPS) is 23.0. The van der Waals surface area contributed by atoms with Gasteiger partial charge in [0, 0.05) is 13.0 Å². The summed E-state index contributed by atoms with van der Waals surface area (Å²) in [6.45, 7) is 7.75. The quantitative estimate of drug-likeness (QED) is 0.196. The third-order valence-electron chi connectivity index (χ3n) is 4.48. The second kappa shape index (κ2) is 14.4. The van der Waals surface area contributed by atoms with Crippen LogP contribution in [0.2, 0.25) is 0 Å². The minimum Gasteiger partial charge on any atom is -0.463 e. The SMILES string of the molecule is CC1(C)CC(CC(=O)OCCOCCO)CC(C)(CNC(=O)OP)C1.OP(O)O. The van der Waals surface area contributed by atoms with E-state index in [1.54, 1.807) is 0 Å². The molecule has 5 N–H and O–H groups in total. The van der Waals surface area contributed by atoms with E-state index in [-0.39, 0.29) is 42.5 Å². The molecule has 1 amide bonds. The first kappa shape index (κ1) is 28.4. The molecule has 0 heterocycles. The Morgan fingerprint density at radius 1 is 1.14 bits per heavy atom. The lowest BCUT2D eigenvalue weighted by Crippen LogP contribution is -2.43. The fraction of sp³-hybridized carbons (Fsp3) is 0.882. The predicted molar refractivity (Wildman–Crippen MR) is 110 cm³/mol. The first-order chi connectivity index (χ1) is 13.4. The van der Waals surface area contributed by atoms with Gasteiger partial charge in [-0.2, -0.15) is 0 Å². The highest BCUT2D eigenvalue weighted by Gasteiger charge is 2.42. The van der Waals surface area contributed by atoms with Crippen LogP contribution in [-0.4, -0.2) is 64.8 Å². The van der Waals surface area contributed by atoms with Gasteiger partial charge in [0.05, 0.1) is 29.3 Å². The minimum atomic E-state index is -2.62. The maximum Gasteiger partial charge on any atom is 0.409 e. The fourth-order valence-corrected chi connectivity index (χ4v) is 4.22. The van der Waals surface area contributed by atoms with Crippen LogP contribution in [0.15, 0.2) is 0 Å². The molecule has 0 aliphatic heterocycles. The van der Waals surface area contributed by atoms with E-state index in [9.17, 15) is 9.59 Å². The Kier molecular flexibility index (Phi) is 14.1. The molecule has 0 aromatic heterocycles.